The summed E-state index contributed by atoms with van der Waals surface area (Å²) >= 11 is 0. The van der Waals surface area contributed by atoms with Gasteiger partial charge in [0.25, 0.3) is 0 Å². The molecule has 0 atom stereocenters. The van der Waals surface area contributed by atoms with E-state index in [1.165, 1.54) is 6.33 Å². The Morgan fingerprint density at radius 1 is 1.24 bits per heavy atom. The third kappa shape index (κ3) is 2.48. The molecule has 3 aromatic rings. The standard InChI is InChI=1S/C14H13N5O2/c15-12-11-5-6-19(13(11)18-8-17-12)10-3-1-9(2-4-10)7-16-14(20)21/h1-6,8,16H,7H2,(H,20,21)(H2,15,17,18). The summed E-state index contributed by atoms with van der Waals surface area (Å²) in [5.41, 5.74) is 8.35. The molecule has 7 heteroatoms. The molecule has 0 radical (unpaired) electrons. The Bertz CT molecular complexity index is 795. The molecule has 0 aliphatic carbocycles. The number of rotatable bonds is 3. The molecule has 2 heterocycles. The maximum Gasteiger partial charge on any atom is 0.404 e. The fraction of sp³-hybridized carbons (Fsp3) is 0.0714. The lowest BCUT2D eigenvalue weighted by atomic mass is 10.2. The van der Waals surface area contributed by atoms with Gasteiger partial charge in [-0.25, -0.2) is 14.8 Å². The van der Waals surface area contributed by atoms with Crippen LogP contribution in [0.3, 0.4) is 0 Å². The van der Waals surface area contributed by atoms with Crippen molar-refractivity contribution in [3.05, 3.63) is 48.4 Å². The Morgan fingerprint density at radius 2 is 2.00 bits per heavy atom. The molecule has 3 rings (SSSR count). The summed E-state index contributed by atoms with van der Waals surface area (Å²) < 4.78 is 1.90. The minimum absolute atomic E-state index is 0.275. The maximum atomic E-state index is 10.5. The van der Waals surface area contributed by atoms with Crippen LogP contribution in [-0.2, 0) is 6.54 Å². The zero-order chi connectivity index (χ0) is 14.8. The van der Waals surface area contributed by atoms with Crippen molar-refractivity contribution in [2.75, 3.05) is 5.73 Å². The van der Waals surface area contributed by atoms with E-state index in [9.17, 15) is 4.79 Å². The first kappa shape index (κ1) is 12.9. The Hall–Kier alpha value is -3.09. The largest absolute Gasteiger partial charge is 0.465 e. The minimum Gasteiger partial charge on any atom is -0.465 e. The number of nitrogens with zero attached hydrogens (tertiary/aromatic N) is 3. The summed E-state index contributed by atoms with van der Waals surface area (Å²) in [6.07, 6.45) is 2.27. The number of anilines is 1. The van der Waals surface area contributed by atoms with Crippen molar-refractivity contribution >= 4 is 22.9 Å². The molecule has 7 nitrogen and oxygen atoms in total. The Labute approximate surface area is 120 Å². The van der Waals surface area contributed by atoms with Gasteiger partial charge in [0, 0.05) is 18.4 Å². The first-order valence-electron chi connectivity index (χ1n) is 6.29. The van der Waals surface area contributed by atoms with E-state index in [1.807, 2.05) is 41.1 Å². The van der Waals surface area contributed by atoms with E-state index >= 15 is 0 Å². The molecule has 0 aliphatic rings. The number of aromatic nitrogens is 3. The van der Waals surface area contributed by atoms with E-state index in [0.29, 0.717) is 5.82 Å². The highest BCUT2D eigenvalue weighted by atomic mass is 16.4. The van der Waals surface area contributed by atoms with E-state index < -0.39 is 6.09 Å². The molecule has 0 unspecified atom stereocenters. The molecular weight excluding hydrogens is 270 g/mol. The van der Waals surface area contributed by atoms with Gasteiger partial charge in [0.2, 0.25) is 0 Å². The molecular formula is C14H13N5O2. The van der Waals surface area contributed by atoms with Crippen LogP contribution in [-0.4, -0.2) is 25.7 Å². The molecule has 21 heavy (non-hydrogen) atoms. The predicted molar refractivity (Wildman–Crippen MR) is 78.1 cm³/mol. The van der Waals surface area contributed by atoms with Crippen LogP contribution < -0.4 is 11.1 Å². The average Bonchev–Trinajstić information content (AvgIpc) is 2.91. The number of carboxylic acid groups (broad SMARTS) is 1. The van der Waals surface area contributed by atoms with Crippen molar-refractivity contribution in [2.45, 2.75) is 6.54 Å². The highest BCUT2D eigenvalue weighted by molar-refractivity contribution is 5.87. The van der Waals surface area contributed by atoms with Gasteiger partial charge in [0.05, 0.1) is 5.39 Å². The number of hydrogen-bond donors (Lipinski definition) is 3. The predicted octanol–water partition coefficient (Wildman–Crippen LogP) is 1.77. The monoisotopic (exact) mass is 283 g/mol. The third-order valence-corrected chi connectivity index (χ3v) is 3.17. The Kier molecular flexibility index (Phi) is 3.15. The van der Waals surface area contributed by atoms with Crippen molar-refractivity contribution in [3.63, 3.8) is 0 Å². The number of fused-ring (bicyclic) bond motifs is 1. The highest BCUT2D eigenvalue weighted by Gasteiger charge is 2.07. The van der Waals surface area contributed by atoms with E-state index in [4.69, 9.17) is 10.8 Å². The minimum atomic E-state index is -1.04. The van der Waals surface area contributed by atoms with Crippen LogP contribution in [0.2, 0.25) is 0 Å². The van der Waals surface area contributed by atoms with Gasteiger partial charge < -0.3 is 20.7 Å². The van der Waals surface area contributed by atoms with E-state index in [2.05, 4.69) is 15.3 Å². The van der Waals surface area contributed by atoms with Crippen LogP contribution in [0.15, 0.2) is 42.9 Å². The lowest BCUT2D eigenvalue weighted by Gasteiger charge is -2.07. The van der Waals surface area contributed by atoms with Crippen molar-refractivity contribution < 1.29 is 9.90 Å². The summed E-state index contributed by atoms with van der Waals surface area (Å²) in [5, 5.41) is 11.7. The third-order valence-electron chi connectivity index (χ3n) is 3.17. The van der Waals surface area contributed by atoms with Crippen LogP contribution in [0.5, 0.6) is 0 Å². The summed E-state index contributed by atoms with van der Waals surface area (Å²) in [6.45, 7) is 0.275. The van der Waals surface area contributed by atoms with Gasteiger partial charge in [-0.3, -0.25) is 0 Å². The van der Waals surface area contributed by atoms with Gasteiger partial charge in [0.15, 0.2) is 0 Å². The smallest absolute Gasteiger partial charge is 0.404 e. The quantitative estimate of drug-likeness (QED) is 0.679. The van der Waals surface area contributed by atoms with Crippen LogP contribution in [0, 0.1) is 0 Å². The van der Waals surface area contributed by atoms with Crippen LogP contribution in [0.4, 0.5) is 10.6 Å². The molecule has 4 N–H and O–H groups in total. The summed E-state index contributed by atoms with van der Waals surface area (Å²) in [6, 6.07) is 9.39. The second-order valence-corrected chi connectivity index (χ2v) is 4.51. The van der Waals surface area contributed by atoms with Gasteiger partial charge in [0.1, 0.15) is 17.8 Å². The molecule has 0 bridgehead atoms. The molecule has 0 fully saturated rings. The Balaban J connectivity index is 1.92. The number of carbonyl (C=O) groups is 1. The number of nitrogen functional groups attached to an aromatic ring is 1. The molecule has 1 amide bonds. The Morgan fingerprint density at radius 3 is 2.71 bits per heavy atom. The summed E-state index contributed by atoms with van der Waals surface area (Å²) in [5.74, 6) is 0.445. The van der Waals surface area contributed by atoms with Gasteiger partial charge in [-0.1, -0.05) is 12.1 Å². The molecule has 1 aromatic carbocycles. The fourth-order valence-electron chi connectivity index (χ4n) is 2.13. The van der Waals surface area contributed by atoms with Crippen LogP contribution in [0.1, 0.15) is 5.56 Å². The normalized spacial score (nSPS) is 10.7. The maximum absolute atomic E-state index is 10.5. The van der Waals surface area contributed by atoms with E-state index in [-0.39, 0.29) is 6.54 Å². The lowest BCUT2D eigenvalue weighted by molar-refractivity contribution is 0.194. The number of nitrogens with one attached hydrogen (secondary N) is 1. The van der Waals surface area contributed by atoms with Crippen molar-refractivity contribution in [2.24, 2.45) is 0 Å². The van der Waals surface area contributed by atoms with E-state index in [1.54, 1.807) is 0 Å². The van der Waals surface area contributed by atoms with Crippen molar-refractivity contribution in [3.8, 4) is 5.69 Å². The first-order chi connectivity index (χ1) is 10.1. The molecule has 0 saturated heterocycles. The molecule has 106 valence electrons. The van der Waals surface area contributed by atoms with Crippen molar-refractivity contribution in [1.29, 1.82) is 0 Å². The van der Waals surface area contributed by atoms with Crippen LogP contribution >= 0.6 is 0 Å². The molecule has 0 aliphatic heterocycles. The zero-order valence-corrected chi connectivity index (χ0v) is 11.0. The van der Waals surface area contributed by atoms with E-state index in [0.717, 1.165) is 22.3 Å². The second-order valence-electron chi connectivity index (χ2n) is 4.51. The topological polar surface area (TPSA) is 106 Å². The first-order valence-corrected chi connectivity index (χ1v) is 6.29. The van der Waals surface area contributed by atoms with Gasteiger partial charge in [-0.2, -0.15) is 0 Å². The SMILES string of the molecule is Nc1ncnc2c1ccn2-c1ccc(CNC(=O)O)cc1. The van der Waals surface area contributed by atoms with Gasteiger partial charge >= 0.3 is 6.09 Å². The molecule has 2 aromatic heterocycles. The number of amides is 1. The number of benzene rings is 1. The fourth-order valence-corrected chi connectivity index (χ4v) is 2.13. The molecule has 0 spiro atoms. The van der Waals surface area contributed by atoms with Gasteiger partial charge in [-0.15, -0.1) is 0 Å². The highest BCUT2D eigenvalue weighted by Crippen LogP contribution is 2.21. The number of hydrogen-bond acceptors (Lipinski definition) is 4. The summed E-state index contributed by atoms with van der Waals surface area (Å²) in [7, 11) is 0. The molecule has 0 saturated carbocycles. The van der Waals surface area contributed by atoms with Crippen LogP contribution in [0.25, 0.3) is 16.7 Å². The summed E-state index contributed by atoms with van der Waals surface area (Å²) in [4.78, 5) is 18.7. The zero-order valence-electron chi connectivity index (χ0n) is 11.0. The lowest BCUT2D eigenvalue weighted by Crippen LogP contribution is -2.19. The second kappa shape index (κ2) is 5.12. The van der Waals surface area contributed by atoms with Crippen molar-refractivity contribution in [1.82, 2.24) is 19.9 Å². The van der Waals surface area contributed by atoms with Gasteiger partial charge in [-0.05, 0) is 23.8 Å². The number of nitrogens with two attached hydrogens (primary N) is 1. The average molecular weight is 283 g/mol.